The molecule has 90 valence electrons. The molecular weight excluding hydrogens is 280 g/mol. The van der Waals surface area contributed by atoms with Crippen molar-refractivity contribution in [1.82, 2.24) is 4.90 Å². The van der Waals surface area contributed by atoms with Gasteiger partial charge >= 0.3 is 0 Å². The first kappa shape index (κ1) is 13.7. The highest BCUT2D eigenvalue weighted by Crippen LogP contribution is 2.26. The molecule has 0 spiro atoms. The second-order valence-corrected chi connectivity index (χ2v) is 5.37. The van der Waals surface area contributed by atoms with Gasteiger partial charge in [0, 0.05) is 11.5 Å². The Morgan fingerprint density at radius 1 is 1.41 bits per heavy atom. The molecule has 0 radical (unpaired) electrons. The second-order valence-electron chi connectivity index (χ2n) is 4.45. The normalized spacial score (nSPS) is 10.8. The van der Waals surface area contributed by atoms with Gasteiger partial charge in [0.15, 0.2) is 0 Å². The predicted molar refractivity (Wildman–Crippen MR) is 70.4 cm³/mol. The van der Waals surface area contributed by atoms with E-state index in [4.69, 9.17) is 5.26 Å². The van der Waals surface area contributed by atoms with Gasteiger partial charge in [-0.15, -0.1) is 0 Å². The second kappa shape index (κ2) is 5.33. The van der Waals surface area contributed by atoms with Crippen molar-refractivity contribution in [3.05, 3.63) is 34.3 Å². The smallest absolute Gasteiger partial charge is 0.233 e. The number of hydrogen-bond donors (Lipinski definition) is 0. The molecule has 0 atom stereocenters. The van der Waals surface area contributed by atoms with Crippen LogP contribution in [-0.4, -0.2) is 24.4 Å². The standard InChI is InChI=1S/C13H15BrN2O/c1-13(2,12(17)16(3)9-8-15)10-4-6-11(14)7-5-10/h4-7H,9H2,1-3H3. The largest absolute Gasteiger partial charge is 0.332 e. The fraction of sp³-hybridized carbons (Fsp3) is 0.385. The molecule has 0 aliphatic rings. The predicted octanol–water partition coefficient (Wildman–Crippen LogP) is 2.71. The molecule has 1 aromatic carbocycles. The van der Waals surface area contributed by atoms with Gasteiger partial charge in [-0.1, -0.05) is 28.1 Å². The highest BCUT2D eigenvalue weighted by molar-refractivity contribution is 9.10. The van der Waals surface area contributed by atoms with Crippen LogP contribution in [-0.2, 0) is 10.2 Å². The van der Waals surface area contributed by atoms with Crippen molar-refractivity contribution >= 4 is 21.8 Å². The van der Waals surface area contributed by atoms with Crippen LogP contribution >= 0.6 is 15.9 Å². The van der Waals surface area contributed by atoms with E-state index in [0.717, 1.165) is 10.0 Å². The maximum Gasteiger partial charge on any atom is 0.233 e. The number of likely N-dealkylation sites (N-methyl/N-ethyl adjacent to an activating group) is 1. The van der Waals surface area contributed by atoms with E-state index >= 15 is 0 Å². The lowest BCUT2D eigenvalue weighted by atomic mass is 9.83. The minimum atomic E-state index is -0.619. The molecule has 0 saturated carbocycles. The summed E-state index contributed by atoms with van der Waals surface area (Å²) in [5, 5.41) is 8.61. The number of carbonyl (C=O) groups excluding carboxylic acids is 1. The number of carbonyl (C=O) groups is 1. The van der Waals surface area contributed by atoms with Gasteiger partial charge < -0.3 is 4.90 Å². The zero-order valence-electron chi connectivity index (χ0n) is 10.2. The third-order valence-corrected chi connectivity index (χ3v) is 3.28. The Bertz CT molecular complexity index is 445. The Morgan fingerprint density at radius 2 is 1.94 bits per heavy atom. The lowest BCUT2D eigenvalue weighted by Crippen LogP contribution is -2.41. The first-order valence-corrected chi connectivity index (χ1v) is 6.07. The van der Waals surface area contributed by atoms with Gasteiger partial charge in [-0.3, -0.25) is 4.79 Å². The fourth-order valence-corrected chi connectivity index (χ4v) is 1.91. The van der Waals surface area contributed by atoms with Gasteiger partial charge in [-0.25, -0.2) is 0 Å². The van der Waals surface area contributed by atoms with Crippen molar-refractivity contribution in [2.75, 3.05) is 13.6 Å². The van der Waals surface area contributed by atoms with E-state index in [9.17, 15) is 4.79 Å². The van der Waals surface area contributed by atoms with Gasteiger partial charge in [0.1, 0.15) is 6.54 Å². The SMILES string of the molecule is CN(CC#N)C(=O)C(C)(C)c1ccc(Br)cc1. The van der Waals surface area contributed by atoms with Crippen molar-refractivity contribution in [3.8, 4) is 6.07 Å². The van der Waals surface area contributed by atoms with Crippen LogP contribution in [0.25, 0.3) is 0 Å². The molecule has 0 aromatic heterocycles. The van der Waals surface area contributed by atoms with Gasteiger partial charge in [0.2, 0.25) is 5.91 Å². The van der Waals surface area contributed by atoms with Crippen LogP contribution in [0, 0.1) is 11.3 Å². The van der Waals surface area contributed by atoms with E-state index in [1.165, 1.54) is 4.90 Å². The Morgan fingerprint density at radius 3 is 2.41 bits per heavy atom. The minimum absolute atomic E-state index is 0.0543. The van der Waals surface area contributed by atoms with Gasteiger partial charge in [0.05, 0.1) is 11.5 Å². The summed E-state index contributed by atoms with van der Waals surface area (Å²) in [6, 6.07) is 9.64. The van der Waals surface area contributed by atoms with Crippen LogP contribution in [0.3, 0.4) is 0 Å². The Balaban J connectivity index is 2.98. The van der Waals surface area contributed by atoms with Crippen LogP contribution in [0.2, 0.25) is 0 Å². The Hall–Kier alpha value is -1.34. The van der Waals surface area contributed by atoms with Crippen LogP contribution in [0.4, 0.5) is 0 Å². The number of hydrogen-bond acceptors (Lipinski definition) is 2. The monoisotopic (exact) mass is 294 g/mol. The van der Waals surface area contributed by atoms with E-state index in [-0.39, 0.29) is 12.5 Å². The van der Waals surface area contributed by atoms with Crippen LogP contribution in [0.15, 0.2) is 28.7 Å². The molecule has 0 unspecified atom stereocenters. The summed E-state index contributed by atoms with van der Waals surface area (Å²) in [4.78, 5) is 13.6. The lowest BCUT2D eigenvalue weighted by Gasteiger charge is -2.28. The van der Waals surface area contributed by atoms with Crippen molar-refractivity contribution in [2.24, 2.45) is 0 Å². The topological polar surface area (TPSA) is 44.1 Å². The number of benzene rings is 1. The highest BCUT2D eigenvalue weighted by Gasteiger charge is 2.32. The third-order valence-electron chi connectivity index (χ3n) is 2.76. The molecule has 1 aromatic rings. The molecule has 0 aliphatic carbocycles. The van der Waals surface area contributed by atoms with Crippen molar-refractivity contribution in [3.63, 3.8) is 0 Å². The zero-order chi connectivity index (χ0) is 13.1. The van der Waals surface area contributed by atoms with Crippen LogP contribution in [0.5, 0.6) is 0 Å². The summed E-state index contributed by atoms with van der Waals surface area (Å²) in [5.41, 5.74) is 0.322. The Kier molecular flexibility index (Phi) is 4.30. The number of nitriles is 1. The minimum Gasteiger partial charge on any atom is -0.332 e. The molecule has 0 aliphatic heterocycles. The molecule has 0 N–H and O–H groups in total. The molecule has 0 bridgehead atoms. The number of rotatable bonds is 3. The Labute approximate surface area is 110 Å². The van der Waals surface area contributed by atoms with E-state index in [2.05, 4.69) is 15.9 Å². The number of nitrogens with zero attached hydrogens (tertiary/aromatic N) is 2. The van der Waals surface area contributed by atoms with Crippen molar-refractivity contribution in [1.29, 1.82) is 5.26 Å². The quantitative estimate of drug-likeness (QED) is 0.805. The molecule has 4 heteroatoms. The molecule has 0 fully saturated rings. The first-order valence-electron chi connectivity index (χ1n) is 5.28. The fourth-order valence-electron chi connectivity index (χ4n) is 1.65. The van der Waals surface area contributed by atoms with E-state index < -0.39 is 5.41 Å². The number of halogens is 1. The summed E-state index contributed by atoms with van der Waals surface area (Å²) in [5.74, 6) is -0.0543. The first-order chi connectivity index (χ1) is 7.89. The van der Waals surface area contributed by atoms with Crippen molar-refractivity contribution in [2.45, 2.75) is 19.3 Å². The average molecular weight is 295 g/mol. The summed E-state index contributed by atoms with van der Waals surface area (Å²) in [6.45, 7) is 3.84. The molecule has 17 heavy (non-hydrogen) atoms. The summed E-state index contributed by atoms with van der Waals surface area (Å²) in [6.07, 6.45) is 0. The highest BCUT2D eigenvalue weighted by atomic mass is 79.9. The van der Waals surface area contributed by atoms with Crippen LogP contribution in [0.1, 0.15) is 19.4 Å². The molecule has 3 nitrogen and oxygen atoms in total. The third kappa shape index (κ3) is 3.07. The van der Waals surface area contributed by atoms with Gasteiger partial charge in [0.25, 0.3) is 0 Å². The lowest BCUT2D eigenvalue weighted by molar-refractivity contribution is -0.134. The van der Waals surface area contributed by atoms with E-state index in [1.54, 1.807) is 7.05 Å². The summed E-state index contributed by atoms with van der Waals surface area (Å²) >= 11 is 3.36. The maximum absolute atomic E-state index is 12.2. The zero-order valence-corrected chi connectivity index (χ0v) is 11.8. The number of amides is 1. The van der Waals surface area contributed by atoms with E-state index in [1.807, 2.05) is 44.2 Å². The molecule has 0 heterocycles. The van der Waals surface area contributed by atoms with Crippen molar-refractivity contribution < 1.29 is 4.79 Å². The maximum atomic E-state index is 12.2. The molecule has 1 rings (SSSR count). The molecule has 0 saturated heterocycles. The summed E-state index contributed by atoms with van der Waals surface area (Å²) < 4.78 is 0.981. The van der Waals surface area contributed by atoms with Crippen LogP contribution < -0.4 is 0 Å². The summed E-state index contributed by atoms with van der Waals surface area (Å²) in [7, 11) is 1.64. The van der Waals surface area contributed by atoms with Gasteiger partial charge in [-0.2, -0.15) is 5.26 Å². The van der Waals surface area contributed by atoms with Gasteiger partial charge in [-0.05, 0) is 31.5 Å². The van der Waals surface area contributed by atoms with E-state index in [0.29, 0.717) is 0 Å². The molecular formula is C13H15BrN2O. The average Bonchev–Trinajstić information content (AvgIpc) is 2.29. The molecule has 1 amide bonds.